The first kappa shape index (κ1) is 23.2. The standard InChI is InChI=1S/C26H33N3O4/c1-25(2,17-27-24(32)22-11-13-28-29-22)20-9-5-6-18(14-20)10-12-26(19-7-3-4-8-19)16-21(30)15-23(31)33-26/h5-6,9,11,13-14,19H,3-4,7-8,10,12,15-17H2,1-2H3,(H,27,32)(H,28,29). The van der Waals surface area contributed by atoms with Gasteiger partial charge in [-0.1, -0.05) is 51.0 Å². The van der Waals surface area contributed by atoms with E-state index in [9.17, 15) is 14.4 Å². The highest BCUT2D eigenvalue weighted by atomic mass is 16.6. The van der Waals surface area contributed by atoms with E-state index in [4.69, 9.17) is 4.74 Å². The van der Waals surface area contributed by atoms with E-state index in [2.05, 4.69) is 47.6 Å². The van der Waals surface area contributed by atoms with Crippen molar-refractivity contribution in [3.8, 4) is 0 Å². The van der Waals surface area contributed by atoms with Gasteiger partial charge >= 0.3 is 5.97 Å². The van der Waals surface area contributed by atoms with E-state index in [-0.39, 0.29) is 35.4 Å². The van der Waals surface area contributed by atoms with Crippen molar-refractivity contribution in [1.29, 1.82) is 0 Å². The molecule has 1 saturated carbocycles. The Hall–Kier alpha value is -2.96. The lowest BCUT2D eigenvalue weighted by Gasteiger charge is -2.41. The summed E-state index contributed by atoms with van der Waals surface area (Å²) in [4.78, 5) is 36.8. The van der Waals surface area contributed by atoms with Gasteiger partial charge in [-0.25, -0.2) is 0 Å². The predicted molar refractivity (Wildman–Crippen MR) is 124 cm³/mol. The second-order valence-electron chi connectivity index (χ2n) is 10.1. The Morgan fingerprint density at radius 2 is 2.03 bits per heavy atom. The number of benzene rings is 1. The van der Waals surface area contributed by atoms with E-state index in [0.29, 0.717) is 25.1 Å². The smallest absolute Gasteiger partial charge is 0.313 e. The van der Waals surface area contributed by atoms with Crippen LogP contribution in [0.5, 0.6) is 0 Å². The molecule has 1 aromatic carbocycles. The van der Waals surface area contributed by atoms with Gasteiger partial charge in [0.2, 0.25) is 0 Å². The van der Waals surface area contributed by atoms with Gasteiger partial charge in [0, 0.05) is 24.6 Å². The molecule has 2 heterocycles. The molecule has 0 spiro atoms. The zero-order chi connectivity index (χ0) is 23.5. The van der Waals surface area contributed by atoms with Gasteiger partial charge in [0.05, 0.1) is 0 Å². The number of aryl methyl sites for hydroxylation is 1. The number of aromatic amines is 1. The summed E-state index contributed by atoms with van der Waals surface area (Å²) in [5.41, 5.74) is 1.69. The number of hydrogen-bond donors (Lipinski definition) is 2. The van der Waals surface area contributed by atoms with E-state index >= 15 is 0 Å². The van der Waals surface area contributed by atoms with Crippen LogP contribution in [0.2, 0.25) is 0 Å². The van der Waals surface area contributed by atoms with Crippen LogP contribution in [0, 0.1) is 5.92 Å². The average molecular weight is 452 g/mol. The molecular formula is C26H33N3O4. The first-order valence-corrected chi connectivity index (χ1v) is 11.9. The zero-order valence-electron chi connectivity index (χ0n) is 19.5. The van der Waals surface area contributed by atoms with Crippen LogP contribution in [0.15, 0.2) is 36.5 Å². The number of hydrogen-bond acceptors (Lipinski definition) is 5. The Labute approximate surface area is 194 Å². The number of rotatable bonds is 8. The first-order chi connectivity index (χ1) is 15.8. The van der Waals surface area contributed by atoms with Crippen LogP contribution in [0.25, 0.3) is 0 Å². The van der Waals surface area contributed by atoms with Crippen molar-refractivity contribution < 1.29 is 19.1 Å². The Morgan fingerprint density at radius 3 is 2.73 bits per heavy atom. The van der Waals surface area contributed by atoms with Gasteiger partial charge in [0.1, 0.15) is 23.5 Å². The molecule has 7 nitrogen and oxygen atoms in total. The second kappa shape index (κ2) is 9.49. The zero-order valence-corrected chi connectivity index (χ0v) is 19.5. The number of nitrogens with zero attached hydrogens (tertiary/aromatic N) is 1. The highest BCUT2D eigenvalue weighted by Crippen LogP contribution is 2.44. The largest absolute Gasteiger partial charge is 0.458 e. The molecule has 7 heteroatoms. The number of carbonyl (C=O) groups is 3. The van der Waals surface area contributed by atoms with E-state index in [1.807, 2.05) is 6.07 Å². The molecule has 1 atom stereocenters. The molecule has 0 bridgehead atoms. The number of amides is 1. The van der Waals surface area contributed by atoms with Crippen LogP contribution in [0.4, 0.5) is 0 Å². The minimum Gasteiger partial charge on any atom is -0.458 e. The molecule has 1 saturated heterocycles. The number of Topliss-reactive ketones (excluding diaryl/α,β-unsaturated/α-hetero) is 1. The molecule has 2 aliphatic rings. The predicted octanol–water partition coefficient (Wildman–Crippen LogP) is 3.89. The number of nitrogens with one attached hydrogen (secondary N) is 2. The van der Waals surface area contributed by atoms with Crippen molar-refractivity contribution >= 4 is 17.7 Å². The van der Waals surface area contributed by atoms with Gasteiger partial charge in [-0.05, 0) is 48.8 Å². The maximum atomic E-state index is 12.3. The lowest BCUT2D eigenvalue weighted by molar-refractivity contribution is -0.178. The highest BCUT2D eigenvalue weighted by molar-refractivity contribution is 5.98. The SMILES string of the molecule is CC(C)(CNC(=O)c1cc[nH]n1)c1cccc(CCC2(C3CCCC3)CC(=O)CC(=O)O2)c1. The summed E-state index contributed by atoms with van der Waals surface area (Å²) in [6.45, 7) is 4.66. The highest BCUT2D eigenvalue weighted by Gasteiger charge is 2.47. The summed E-state index contributed by atoms with van der Waals surface area (Å²) in [7, 11) is 0. The molecule has 176 valence electrons. The Bertz CT molecular complexity index is 990. The third kappa shape index (κ3) is 5.34. The molecule has 0 radical (unpaired) electrons. The fourth-order valence-electron chi connectivity index (χ4n) is 5.26. The van der Waals surface area contributed by atoms with Crippen molar-refractivity contribution in [3.05, 3.63) is 53.3 Å². The van der Waals surface area contributed by atoms with Crippen LogP contribution >= 0.6 is 0 Å². The first-order valence-electron chi connectivity index (χ1n) is 11.9. The summed E-state index contributed by atoms with van der Waals surface area (Å²) >= 11 is 0. The summed E-state index contributed by atoms with van der Waals surface area (Å²) < 4.78 is 5.93. The Kier molecular flexibility index (Phi) is 6.68. The van der Waals surface area contributed by atoms with Crippen molar-refractivity contribution in [3.63, 3.8) is 0 Å². The Morgan fingerprint density at radius 1 is 1.24 bits per heavy atom. The van der Waals surface area contributed by atoms with Gasteiger partial charge in [-0.2, -0.15) is 5.10 Å². The topological polar surface area (TPSA) is 101 Å². The molecule has 1 amide bonds. The normalized spacial score (nSPS) is 21.8. The van der Waals surface area contributed by atoms with Gasteiger partial charge in [-0.3, -0.25) is 19.5 Å². The molecule has 4 rings (SSSR count). The molecule has 33 heavy (non-hydrogen) atoms. The number of esters is 1. The maximum absolute atomic E-state index is 12.3. The van der Waals surface area contributed by atoms with Gasteiger partial charge in [0.25, 0.3) is 5.91 Å². The molecular weight excluding hydrogens is 418 g/mol. The van der Waals surface area contributed by atoms with Crippen LogP contribution < -0.4 is 5.32 Å². The van der Waals surface area contributed by atoms with Gasteiger partial charge in [-0.15, -0.1) is 0 Å². The quantitative estimate of drug-likeness (QED) is 0.468. The van der Waals surface area contributed by atoms with Crippen molar-refractivity contribution in [2.24, 2.45) is 5.92 Å². The number of cyclic esters (lactones) is 1. The van der Waals surface area contributed by atoms with E-state index in [1.54, 1.807) is 12.3 Å². The van der Waals surface area contributed by atoms with Crippen molar-refractivity contribution in [2.45, 2.75) is 76.2 Å². The monoisotopic (exact) mass is 451 g/mol. The fraction of sp³-hybridized carbons (Fsp3) is 0.538. The molecule has 2 aromatic rings. The average Bonchev–Trinajstić information content (AvgIpc) is 3.50. The van der Waals surface area contributed by atoms with Crippen LogP contribution in [-0.4, -0.2) is 40.0 Å². The molecule has 1 aromatic heterocycles. The number of ether oxygens (including phenoxy) is 1. The molecule has 1 unspecified atom stereocenters. The van der Waals surface area contributed by atoms with Gasteiger partial charge < -0.3 is 10.1 Å². The molecule has 1 aliphatic heterocycles. The number of aromatic nitrogens is 2. The molecule has 2 fully saturated rings. The third-order valence-electron chi connectivity index (χ3n) is 7.22. The number of carbonyl (C=O) groups excluding carboxylic acids is 3. The minimum atomic E-state index is -0.661. The van der Waals surface area contributed by atoms with Crippen LogP contribution in [-0.2, 0) is 26.2 Å². The van der Waals surface area contributed by atoms with E-state index < -0.39 is 5.60 Å². The molecule has 2 N–H and O–H groups in total. The summed E-state index contributed by atoms with van der Waals surface area (Å²) in [6.07, 6.45) is 7.56. The lowest BCUT2D eigenvalue weighted by atomic mass is 9.75. The van der Waals surface area contributed by atoms with Crippen LogP contribution in [0.3, 0.4) is 0 Å². The summed E-state index contributed by atoms with van der Waals surface area (Å²) in [6, 6.07) is 9.99. The summed E-state index contributed by atoms with van der Waals surface area (Å²) in [5, 5.41) is 9.54. The third-order valence-corrected chi connectivity index (χ3v) is 7.22. The minimum absolute atomic E-state index is 0.000637. The van der Waals surface area contributed by atoms with E-state index in [1.165, 1.54) is 0 Å². The Balaban J connectivity index is 1.44. The lowest BCUT2D eigenvalue weighted by Crippen LogP contribution is -2.48. The van der Waals surface area contributed by atoms with E-state index in [0.717, 1.165) is 43.2 Å². The van der Waals surface area contributed by atoms with Gasteiger partial charge in [0.15, 0.2) is 0 Å². The second-order valence-corrected chi connectivity index (χ2v) is 10.1. The number of H-pyrrole nitrogens is 1. The van der Waals surface area contributed by atoms with Crippen LogP contribution in [0.1, 0.15) is 80.4 Å². The van der Waals surface area contributed by atoms with Crippen molar-refractivity contribution in [1.82, 2.24) is 15.5 Å². The van der Waals surface area contributed by atoms with Crippen molar-refractivity contribution in [2.75, 3.05) is 6.54 Å². The summed E-state index contributed by atoms with van der Waals surface area (Å²) in [5.74, 6) is -0.313. The maximum Gasteiger partial charge on any atom is 0.313 e. The fourth-order valence-corrected chi connectivity index (χ4v) is 5.26. The molecule has 1 aliphatic carbocycles. The number of ketones is 1.